The molecule has 9 heteroatoms. The summed E-state index contributed by atoms with van der Waals surface area (Å²) >= 11 is 1.31. The third-order valence-corrected chi connectivity index (χ3v) is 6.74. The van der Waals surface area contributed by atoms with Crippen LogP contribution < -0.4 is 5.32 Å². The molecule has 4 rings (SSSR count). The maximum absolute atomic E-state index is 12.5. The van der Waals surface area contributed by atoms with Gasteiger partial charge in [-0.15, -0.1) is 11.3 Å². The lowest BCUT2D eigenvalue weighted by Crippen LogP contribution is -2.36. The number of hydrogen-bond donors (Lipinski definition) is 1. The van der Waals surface area contributed by atoms with Gasteiger partial charge in [-0.25, -0.2) is 4.98 Å². The van der Waals surface area contributed by atoms with Gasteiger partial charge in [0.15, 0.2) is 0 Å². The first kappa shape index (κ1) is 22.1. The van der Waals surface area contributed by atoms with Gasteiger partial charge < -0.3 is 10.1 Å². The Labute approximate surface area is 190 Å². The van der Waals surface area contributed by atoms with Crippen molar-refractivity contribution in [1.29, 1.82) is 0 Å². The number of hydrogen-bond acceptors (Lipinski definition) is 7. The molecule has 2 fully saturated rings. The average molecular weight is 456 g/mol. The fourth-order valence-electron chi connectivity index (χ4n) is 4.19. The second-order valence-electron chi connectivity index (χ2n) is 8.24. The summed E-state index contributed by atoms with van der Waals surface area (Å²) in [7, 11) is 0. The summed E-state index contributed by atoms with van der Waals surface area (Å²) in [6, 6.07) is 7.51. The molecule has 0 spiro atoms. The molecule has 32 heavy (non-hydrogen) atoms. The van der Waals surface area contributed by atoms with E-state index in [1.165, 1.54) is 11.3 Å². The standard InChI is InChI=1S/C23H25N3O5S/c1-14-6-8-15(9-7-14)24-19(27)10-20-25-16(13-32-20)12-31-21(28)11-26-22(29)17-4-2-3-5-18(17)23(26)30/h6-9,13,17-18H,2-5,10-12H2,1H3,(H,24,27). The summed E-state index contributed by atoms with van der Waals surface area (Å²) in [5.74, 6) is -1.90. The number of amides is 3. The highest BCUT2D eigenvalue weighted by molar-refractivity contribution is 7.09. The van der Waals surface area contributed by atoms with Crippen LogP contribution in [-0.4, -0.2) is 40.1 Å². The second-order valence-corrected chi connectivity index (χ2v) is 9.19. The first-order chi connectivity index (χ1) is 15.4. The highest BCUT2D eigenvalue weighted by Gasteiger charge is 2.48. The van der Waals surface area contributed by atoms with Gasteiger partial charge in [0, 0.05) is 11.1 Å². The Kier molecular flexibility index (Phi) is 6.64. The number of carbonyl (C=O) groups is 4. The number of anilines is 1. The van der Waals surface area contributed by atoms with Crippen LogP contribution in [0.3, 0.4) is 0 Å². The minimum absolute atomic E-state index is 0.0714. The molecular formula is C23H25N3O5S. The van der Waals surface area contributed by atoms with Crippen LogP contribution in [0.15, 0.2) is 29.6 Å². The van der Waals surface area contributed by atoms with E-state index >= 15 is 0 Å². The van der Waals surface area contributed by atoms with Crippen LogP contribution in [0, 0.1) is 18.8 Å². The molecule has 2 atom stereocenters. The van der Waals surface area contributed by atoms with Crippen LogP contribution in [0.25, 0.3) is 0 Å². The Morgan fingerprint density at radius 2 is 1.78 bits per heavy atom. The minimum Gasteiger partial charge on any atom is -0.458 e. The van der Waals surface area contributed by atoms with Gasteiger partial charge in [0.05, 0.1) is 24.0 Å². The van der Waals surface area contributed by atoms with Gasteiger partial charge in [-0.2, -0.15) is 0 Å². The first-order valence-corrected chi connectivity index (χ1v) is 11.6. The quantitative estimate of drug-likeness (QED) is 0.508. The lowest BCUT2D eigenvalue weighted by molar-refractivity contribution is -0.153. The van der Waals surface area contributed by atoms with Crippen molar-refractivity contribution < 1.29 is 23.9 Å². The predicted octanol–water partition coefficient (Wildman–Crippen LogP) is 2.85. The maximum atomic E-state index is 12.5. The molecule has 1 aliphatic heterocycles. The maximum Gasteiger partial charge on any atom is 0.326 e. The number of nitrogens with one attached hydrogen (secondary N) is 1. The van der Waals surface area contributed by atoms with Crippen molar-refractivity contribution >= 4 is 40.7 Å². The van der Waals surface area contributed by atoms with E-state index in [9.17, 15) is 19.2 Å². The van der Waals surface area contributed by atoms with Gasteiger partial charge in [-0.05, 0) is 31.9 Å². The summed E-state index contributed by atoms with van der Waals surface area (Å²) < 4.78 is 5.22. The van der Waals surface area contributed by atoms with Gasteiger partial charge in [0.2, 0.25) is 17.7 Å². The van der Waals surface area contributed by atoms with Crippen molar-refractivity contribution in [2.24, 2.45) is 11.8 Å². The number of carbonyl (C=O) groups excluding carboxylic acids is 4. The van der Waals surface area contributed by atoms with Crippen LogP contribution in [0.1, 0.15) is 41.9 Å². The molecular weight excluding hydrogens is 430 g/mol. The molecule has 0 radical (unpaired) electrons. The fraction of sp³-hybridized carbons (Fsp3) is 0.435. The highest BCUT2D eigenvalue weighted by atomic mass is 32.1. The normalized spacial score (nSPS) is 20.2. The SMILES string of the molecule is Cc1ccc(NC(=O)Cc2nc(COC(=O)CN3C(=O)C4CCCCC4C3=O)cs2)cc1. The topological polar surface area (TPSA) is 106 Å². The van der Waals surface area contributed by atoms with E-state index in [1.54, 1.807) is 5.38 Å². The molecule has 3 amide bonds. The number of likely N-dealkylation sites (tertiary alicyclic amines) is 1. The van der Waals surface area contributed by atoms with E-state index in [4.69, 9.17) is 4.74 Å². The van der Waals surface area contributed by atoms with Crippen LogP contribution >= 0.6 is 11.3 Å². The molecule has 1 saturated carbocycles. The van der Waals surface area contributed by atoms with Crippen LogP contribution in [0.5, 0.6) is 0 Å². The zero-order valence-corrected chi connectivity index (χ0v) is 18.7. The van der Waals surface area contributed by atoms with Gasteiger partial charge in [0.25, 0.3) is 0 Å². The van der Waals surface area contributed by atoms with E-state index in [0.717, 1.165) is 29.0 Å². The average Bonchev–Trinajstić information content (AvgIpc) is 3.32. The van der Waals surface area contributed by atoms with Gasteiger partial charge >= 0.3 is 5.97 Å². The third kappa shape index (κ3) is 5.04. The lowest BCUT2D eigenvalue weighted by atomic mass is 9.81. The Hall–Kier alpha value is -3.07. The van der Waals surface area contributed by atoms with E-state index < -0.39 is 5.97 Å². The van der Waals surface area contributed by atoms with Crippen LogP contribution in [-0.2, 0) is 36.9 Å². The molecule has 2 heterocycles. The van der Waals surface area contributed by atoms with E-state index in [-0.39, 0.29) is 49.1 Å². The van der Waals surface area contributed by atoms with E-state index in [1.807, 2.05) is 31.2 Å². The molecule has 1 aromatic heterocycles. The number of benzene rings is 1. The molecule has 2 aromatic rings. The number of rotatable bonds is 7. The molecule has 1 aliphatic carbocycles. The van der Waals surface area contributed by atoms with Crippen molar-refractivity contribution in [2.75, 3.05) is 11.9 Å². The summed E-state index contributed by atoms with van der Waals surface area (Å²) in [5, 5.41) is 5.15. The van der Waals surface area contributed by atoms with Gasteiger partial charge in [-0.1, -0.05) is 30.5 Å². The highest BCUT2D eigenvalue weighted by Crippen LogP contribution is 2.37. The molecule has 0 bridgehead atoms. The number of esters is 1. The molecule has 1 saturated heterocycles. The first-order valence-electron chi connectivity index (χ1n) is 10.7. The number of fused-ring (bicyclic) bond motifs is 1. The number of thiazole rings is 1. The molecule has 8 nitrogen and oxygen atoms in total. The molecule has 1 N–H and O–H groups in total. The van der Waals surface area contributed by atoms with Gasteiger partial charge in [0.1, 0.15) is 18.2 Å². The number of ether oxygens (including phenoxy) is 1. The van der Waals surface area contributed by atoms with Crippen molar-refractivity contribution in [1.82, 2.24) is 9.88 Å². The lowest BCUT2D eigenvalue weighted by Gasteiger charge is -2.19. The number of imide groups is 1. The zero-order valence-electron chi connectivity index (χ0n) is 17.8. The Morgan fingerprint density at radius 1 is 1.12 bits per heavy atom. The van der Waals surface area contributed by atoms with Crippen molar-refractivity contribution in [3.05, 3.63) is 45.9 Å². The smallest absolute Gasteiger partial charge is 0.326 e. The number of aryl methyl sites for hydroxylation is 1. The molecule has 1 aromatic carbocycles. The number of aromatic nitrogens is 1. The van der Waals surface area contributed by atoms with E-state index in [2.05, 4.69) is 10.3 Å². The number of nitrogens with zero attached hydrogens (tertiary/aromatic N) is 2. The van der Waals surface area contributed by atoms with Crippen LogP contribution in [0.2, 0.25) is 0 Å². The van der Waals surface area contributed by atoms with Crippen LogP contribution in [0.4, 0.5) is 5.69 Å². The zero-order chi connectivity index (χ0) is 22.7. The molecule has 168 valence electrons. The van der Waals surface area contributed by atoms with Crippen molar-refractivity contribution in [3.63, 3.8) is 0 Å². The Bertz CT molecular complexity index is 1010. The van der Waals surface area contributed by atoms with E-state index in [0.29, 0.717) is 23.5 Å². The largest absolute Gasteiger partial charge is 0.458 e. The fourth-order valence-corrected chi connectivity index (χ4v) is 4.97. The second kappa shape index (κ2) is 9.60. The van der Waals surface area contributed by atoms with Crippen molar-refractivity contribution in [3.8, 4) is 0 Å². The monoisotopic (exact) mass is 455 g/mol. The summed E-state index contributed by atoms with van der Waals surface area (Å²) in [6.07, 6.45) is 3.41. The summed E-state index contributed by atoms with van der Waals surface area (Å²) in [6.45, 7) is 1.54. The Morgan fingerprint density at radius 3 is 2.44 bits per heavy atom. The third-order valence-electron chi connectivity index (χ3n) is 5.85. The Balaban J connectivity index is 1.24. The minimum atomic E-state index is -0.642. The molecule has 2 aliphatic rings. The summed E-state index contributed by atoms with van der Waals surface area (Å²) in [4.78, 5) is 54.7. The summed E-state index contributed by atoms with van der Waals surface area (Å²) in [5.41, 5.74) is 2.35. The molecule has 2 unspecified atom stereocenters. The predicted molar refractivity (Wildman–Crippen MR) is 118 cm³/mol. The van der Waals surface area contributed by atoms with Crippen molar-refractivity contribution in [2.45, 2.75) is 45.6 Å². The van der Waals surface area contributed by atoms with Gasteiger partial charge in [-0.3, -0.25) is 24.1 Å².